The van der Waals surface area contributed by atoms with Gasteiger partial charge in [-0.25, -0.2) is 4.79 Å². The van der Waals surface area contributed by atoms with Crippen molar-refractivity contribution in [1.29, 1.82) is 0 Å². The molecule has 0 radical (unpaired) electrons. The molecule has 0 aliphatic rings. The van der Waals surface area contributed by atoms with Crippen LogP contribution in [-0.2, 0) is 9.53 Å². The van der Waals surface area contributed by atoms with E-state index in [9.17, 15) is 4.79 Å². The first-order valence-electron chi connectivity index (χ1n) is 10.8. The molecular weight excluding hydrogens is 310 g/mol. The molecule has 0 aromatic rings. The zero-order valence-corrected chi connectivity index (χ0v) is 17.0. The maximum absolute atomic E-state index is 11.2. The average molecular weight is 354 g/mol. The molecule has 0 fully saturated rings. The molecule has 0 amide bonds. The minimum Gasteiger partial charge on any atom is -0.462 e. The largest absolute Gasteiger partial charge is 0.462 e. The Labute approximate surface area is 156 Å². The van der Waals surface area contributed by atoms with Crippen molar-refractivity contribution in [3.05, 3.63) is 11.8 Å². The van der Waals surface area contributed by atoms with Gasteiger partial charge in [-0.1, -0.05) is 103 Å². The highest BCUT2D eigenvalue weighted by Gasteiger charge is 1.98. The molecule has 3 heteroatoms. The number of carbonyl (C=O) groups excluding carboxylic acids is 1. The van der Waals surface area contributed by atoms with Crippen molar-refractivity contribution >= 4 is 5.97 Å². The number of allylic oxidation sites excluding steroid dienone is 1. The highest BCUT2D eigenvalue weighted by atomic mass is 16.5. The van der Waals surface area contributed by atoms with Gasteiger partial charge in [0.1, 0.15) is 0 Å². The first-order valence-corrected chi connectivity index (χ1v) is 10.8. The number of hydrogen-bond donors (Lipinski definition) is 1. The standard InChI is InChI=1S/C22H43NO2/c1-3-4-5-6-7-8-9-10-11-12-13-14-15-16-17-18-19-25-22(24)20-21(2)23/h20H,3-19,23H2,1-2H3/b21-20+. The maximum atomic E-state index is 11.2. The summed E-state index contributed by atoms with van der Waals surface area (Å²) in [7, 11) is 0. The third-order valence-electron chi connectivity index (χ3n) is 4.59. The number of esters is 1. The molecule has 0 aromatic carbocycles. The van der Waals surface area contributed by atoms with Crippen LogP contribution in [0.2, 0.25) is 0 Å². The topological polar surface area (TPSA) is 52.3 Å². The van der Waals surface area contributed by atoms with Crippen LogP contribution in [-0.4, -0.2) is 12.6 Å². The molecule has 3 nitrogen and oxygen atoms in total. The zero-order chi connectivity index (χ0) is 18.6. The monoisotopic (exact) mass is 353 g/mol. The Morgan fingerprint density at radius 3 is 1.44 bits per heavy atom. The summed E-state index contributed by atoms with van der Waals surface area (Å²) < 4.78 is 5.08. The lowest BCUT2D eigenvalue weighted by atomic mass is 10.0. The minimum absolute atomic E-state index is 0.319. The molecule has 0 unspecified atom stereocenters. The number of carbonyl (C=O) groups is 1. The summed E-state index contributed by atoms with van der Waals surface area (Å²) in [5.41, 5.74) is 5.92. The summed E-state index contributed by atoms with van der Waals surface area (Å²) in [6, 6.07) is 0. The van der Waals surface area contributed by atoms with Crippen molar-refractivity contribution in [3.63, 3.8) is 0 Å². The molecular formula is C22H43NO2. The second kappa shape index (κ2) is 19.3. The van der Waals surface area contributed by atoms with Gasteiger partial charge in [-0.2, -0.15) is 0 Å². The van der Waals surface area contributed by atoms with E-state index >= 15 is 0 Å². The van der Waals surface area contributed by atoms with Gasteiger partial charge < -0.3 is 10.5 Å². The maximum Gasteiger partial charge on any atom is 0.332 e. The minimum atomic E-state index is -0.319. The Morgan fingerprint density at radius 2 is 1.08 bits per heavy atom. The van der Waals surface area contributed by atoms with Crippen LogP contribution in [0.5, 0.6) is 0 Å². The smallest absolute Gasteiger partial charge is 0.332 e. The Kier molecular flexibility index (Phi) is 18.6. The lowest BCUT2D eigenvalue weighted by Gasteiger charge is -2.04. The molecule has 0 aromatic heterocycles. The van der Waals surface area contributed by atoms with Crippen LogP contribution in [0.4, 0.5) is 0 Å². The third-order valence-corrected chi connectivity index (χ3v) is 4.59. The van der Waals surface area contributed by atoms with Gasteiger partial charge in [-0.05, 0) is 13.3 Å². The first kappa shape index (κ1) is 24.0. The van der Waals surface area contributed by atoms with E-state index < -0.39 is 0 Å². The van der Waals surface area contributed by atoms with Crippen molar-refractivity contribution in [2.75, 3.05) is 6.61 Å². The molecule has 0 rings (SSSR count). The Hall–Kier alpha value is -0.990. The van der Waals surface area contributed by atoms with Crippen LogP contribution < -0.4 is 5.73 Å². The van der Waals surface area contributed by atoms with E-state index in [1.54, 1.807) is 6.92 Å². The van der Waals surface area contributed by atoms with E-state index in [0.29, 0.717) is 12.3 Å². The molecule has 25 heavy (non-hydrogen) atoms. The van der Waals surface area contributed by atoms with Crippen LogP contribution in [0, 0.1) is 0 Å². The van der Waals surface area contributed by atoms with Crippen LogP contribution in [0.15, 0.2) is 11.8 Å². The summed E-state index contributed by atoms with van der Waals surface area (Å²) in [6.45, 7) is 4.48. The van der Waals surface area contributed by atoms with Gasteiger partial charge in [0.25, 0.3) is 0 Å². The van der Waals surface area contributed by atoms with Gasteiger partial charge in [0.15, 0.2) is 0 Å². The van der Waals surface area contributed by atoms with Crippen LogP contribution in [0.1, 0.15) is 117 Å². The summed E-state index contributed by atoms with van der Waals surface area (Å²) in [5.74, 6) is -0.319. The van der Waals surface area contributed by atoms with E-state index in [2.05, 4.69) is 6.92 Å². The van der Waals surface area contributed by atoms with Crippen molar-refractivity contribution in [1.82, 2.24) is 0 Å². The summed E-state index contributed by atoms with van der Waals surface area (Å²) in [5, 5.41) is 0. The number of hydrogen-bond acceptors (Lipinski definition) is 3. The summed E-state index contributed by atoms with van der Waals surface area (Å²) in [6.07, 6.45) is 22.9. The van der Waals surface area contributed by atoms with Gasteiger partial charge in [-0.3, -0.25) is 0 Å². The predicted octanol–water partition coefficient (Wildman–Crippen LogP) is 6.65. The number of unbranched alkanes of at least 4 members (excludes halogenated alkanes) is 15. The molecule has 0 bridgehead atoms. The fourth-order valence-electron chi connectivity index (χ4n) is 3.05. The van der Waals surface area contributed by atoms with Crippen molar-refractivity contribution in [2.45, 2.75) is 117 Å². The Bertz CT molecular complexity index is 322. The van der Waals surface area contributed by atoms with Crippen molar-refractivity contribution in [3.8, 4) is 0 Å². The predicted molar refractivity (Wildman–Crippen MR) is 108 cm³/mol. The van der Waals surface area contributed by atoms with Gasteiger partial charge in [-0.15, -0.1) is 0 Å². The second-order valence-corrected chi connectivity index (χ2v) is 7.36. The van der Waals surface area contributed by atoms with Crippen LogP contribution in [0.3, 0.4) is 0 Å². The fourth-order valence-corrected chi connectivity index (χ4v) is 3.05. The zero-order valence-electron chi connectivity index (χ0n) is 17.0. The molecule has 0 heterocycles. The Morgan fingerprint density at radius 1 is 0.720 bits per heavy atom. The number of nitrogens with two attached hydrogens (primary N) is 1. The van der Waals surface area contributed by atoms with E-state index in [1.807, 2.05) is 0 Å². The SMILES string of the molecule is CCCCCCCCCCCCCCCCCCOC(=O)/C=C(\C)N. The molecule has 0 atom stereocenters. The lowest BCUT2D eigenvalue weighted by Crippen LogP contribution is -2.05. The quantitative estimate of drug-likeness (QED) is 0.170. The van der Waals surface area contributed by atoms with Gasteiger partial charge >= 0.3 is 5.97 Å². The van der Waals surface area contributed by atoms with Crippen molar-refractivity contribution < 1.29 is 9.53 Å². The number of ether oxygens (including phenoxy) is 1. The van der Waals surface area contributed by atoms with E-state index in [0.717, 1.165) is 12.8 Å². The highest BCUT2D eigenvalue weighted by molar-refractivity contribution is 5.82. The lowest BCUT2D eigenvalue weighted by molar-refractivity contribution is -0.137. The average Bonchev–Trinajstić information content (AvgIpc) is 2.57. The molecule has 0 aliphatic heterocycles. The Balaban J connectivity index is 3.10. The first-order chi connectivity index (χ1) is 12.2. The van der Waals surface area contributed by atoms with E-state index in [-0.39, 0.29) is 5.97 Å². The van der Waals surface area contributed by atoms with E-state index in [1.165, 1.54) is 96.0 Å². The van der Waals surface area contributed by atoms with Gasteiger partial charge in [0.05, 0.1) is 6.61 Å². The van der Waals surface area contributed by atoms with Crippen LogP contribution >= 0.6 is 0 Å². The molecule has 2 N–H and O–H groups in total. The molecule has 0 aliphatic carbocycles. The second-order valence-electron chi connectivity index (χ2n) is 7.36. The molecule has 148 valence electrons. The number of rotatable bonds is 18. The molecule has 0 saturated heterocycles. The highest BCUT2D eigenvalue weighted by Crippen LogP contribution is 2.13. The third kappa shape index (κ3) is 21.0. The van der Waals surface area contributed by atoms with Crippen LogP contribution in [0.25, 0.3) is 0 Å². The van der Waals surface area contributed by atoms with Gasteiger partial charge in [0, 0.05) is 11.8 Å². The summed E-state index contributed by atoms with van der Waals surface area (Å²) >= 11 is 0. The normalized spacial score (nSPS) is 11.7. The molecule has 0 saturated carbocycles. The molecule has 0 spiro atoms. The van der Waals surface area contributed by atoms with Crippen molar-refractivity contribution in [2.24, 2.45) is 5.73 Å². The fraction of sp³-hybridized carbons (Fsp3) is 0.864. The van der Waals surface area contributed by atoms with E-state index in [4.69, 9.17) is 10.5 Å². The van der Waals surface area contributed by atoms with Gasteiger partial charge in [0.2, 0.25) is 0 Å². The summed E-state index contributed by atoms with van der Waals surface area (Å²) in [4.78, 5) is 11.2.